The maximum atomic E-state index is 11.6. The number of halogens is 2. The highest BCUT2D eigenvalue weighted by Crippen LogP contribution is 2.34. The van der Waals surface area contributed by atoms with Gasteiger partial charge in [-0.15, -0.1) is 0 Å². The first kappa shape index (κ1) is 26.9. The van der Waals surface area contributed by atoms with Gasteiger partial charge in [0.05, 0.1) is 34.2 Å². The van der Waals surface area contributed by atoms with Crippen molar-refractivity contribution in [3.05, 3.63) is 45.5 Å². The van der Waals surface area contributed by atoms with E-state index in [2.05, 4.69) is 25.9 Å². The monoisotopic (exact) mass is 658 g/mol. The number of aliphatic hydroxyl groups is 4. The van der Waals surface area contributed by atoms with Gasteiger partial charge in [0.15, 0.2) is 12.5 Å². The summed E-state index contributed by atoms with van der Waals surface area (Å²) in [4.78, 5) is 29.9. The second-order valence-electron chi connectivity index (χ2n) is 7.45. The molecule has 34 heavy (non-hydrogen) atoms. The Labute approximate surface area is 214 Å². The van der Waals surface area contributed by atoms with Gasteiger partial charge >= 0.3 is 11.4 Å². The minimum atomic E-state index is -0.894. The maximum Gasteiger partial charge on any atom is 0.351 e. The molecule has 2 fully saturated rings. The fraction of sp³-hybridized carbons (Fsp3) is 0.556. The average Bonchev–Trinajstić information content (AvgIpc) is 3.24. The Morgan fingerprint density at radius 1 is 0.912 bits per heavy atom. The van der Waals surface area contributed by atoms with Gasteiger partial charge in [-0.05, 0) is 12.1 Å². The van der Waals surface area contributed by atoms with Crippen molar-refractivity contribution in [1.29, 1.82) is 0 Å². The zero-order valence-electron chi connectivity index (χ0n) is 17.5. The lowest BCUT2D eigenvalue weighted by Crippen LogP contribution is -2.32. The zero-order valence-corrected chi connectivity index (χ0v) is 21.2. The van der Waals surface area contributed by atoms with Crippen molar-refractivity contribution in [1.82, 2.24) is 19.1 Å². The molecule has 8 atom stereocenters. The quantitative estimate of drug-likeness (QED) is 0.151. The van der Waals surface area contributed by atoms with Gasteiger partial charge in [-0.25, -0.2) is 9.59 Å². The summed E-state index contributed by atoms with van der Waals surface area (Å²) in [5.41, 5.74) is 9.66. The molecule has 0 aromatic carbocycles. The molecule has 0 radical (unpaired) electrons. The van der Waals surface area contributed by atoms with Crippen molar-refractivity contribution in [2.45, 2.75) is 45.6 Å². The van der Waals surface area contributed by atoms with Gasteiger partial charge in [0.25, 0.3) is 0 Å². The van der Waals surface area contributed by atoms with E-state index in [-0.39, 0.29) is 28.8 Å². The van der Waals surface area contributed by atoms with Crippen LogP contribution < -0.4 is 22.8 Å². The molecule has 0 saturated carbocycles. The van der Waals surface area contributed by atoms with E-state index in [1.807, 2.05) is 22.6 Å². The fourth-order valence-electron chi connectivity index (χ4n) is 3.40. The highest BCUT2D eigenvalue weighted by Gasteiger charge is 2.44. The number of hydrogen-bond donors (Lipinski definition) is 6. The van der Waals surface area contributed by atoms with Gasteiger partial charge in [-0.3, -0.25) is 9.13 Å². The van der Waals surface area contributed by atoms with Crippen LogP contribution >= 0.6 is 38.5 Å². The number of nitrogens with two attached hydrogens (primary N) is 2. The standard InChI is InChI=1S/C9H12BrN3O4.C9H12IN3O4/c2*10-6-7(15)4(3-14)17-8(6)13-2-1-5(11)12-9(13)16/h2*1-2,4,6-8,14-15H,3H2,(H2,11,12,16)/t2*4-,6?,7+,8-/m11/s1. The largest absolute Gasteiger partial charge is 0.394 e. The Bertz CT molecular complexity index is 1020. The first-order valence-electron chi connectivity index (χ1n) is 9.95. The summed E-state index contributed by atoms with van der Waals surface area (Å²) in [6, 6.07) is 2.94. The van der Waals surface area contributed by atoms with E-state index in [1.54, 1.807) is 0 Å². The number of nitrogen functional groups attached to an aromatic ring is 2. The first-order chi connectivity index (χ1) is 16.1. The SMILES string of the molecule is Nc1ccn([C@@H]2O[C@H](CO)[C@H](O)C2Br)c(=O)n1.Nc1ccn([C@@H]2O[C@H](CO)[C@H](O)C2I)c(=O)n1. The third-order valence-electron chi connectivity index (χ3n) is 5.20. The number of ether oxygens (including phenoxy) is 2. The molecule has 2 aromatic rings. The number of hydrogen-bond acceptors (Lipinski definition) is 12. The topological polar surface area (TPSA) is 221 Å². The number of anilines is 2. The molecule has 0 bridgehead atoms. The van der Waals surface area contributed by atoms with E-state index < -0.39 is 53.1 Å². The molecule has 4 rings (SSSR count). The van der Waals surface area contributed by atoms with Gasteiger partial charge in [0.2, 0.25) is 0 Å². The lowest BCUT2D eigenvalue weighted by Gasteiger charge is -2.16. The number of aromatic nitrogens is 4. The maximum absolute atomic E-state index is 11.6. The van der Waals surface area contributed by atoms with Crippen molar-refractivity contribution >= 4 is 50.2 Å². The van der Waals surface area contributed by atoms with Crippen molar-refractivity contribution in [2.75, 3.05) is 24.7 Å². The molecular formula is C18H24BrIN6O8. The molecule has 2 unspecified atom stereocenters. The molecule has 2 aliphatic rings. The van der Waals surface area contributed by atoms with Gasteiger partial charge in [-0.2, -0.15) is 9.97 Å². The first-order valence-corrected chi connectivity index (χ1v) is 12.1. The molecule has 4 heterocycles. The number of nitrogens with zero attached hydrogens (tertiary/aromatic N) is 4. The van der Waals surface area contributed by atoms with E-state index in [0.717, 1.165) is 0 Å². The zero-order chi connectivity index (χ0) is 25.2. The molecule has 188 valence electrons. The van der Waals surface area contributed by atoms with Crippen LogP contribution in [-0.2, 0) is 9.47 Å². The second kappa shape index (κ2) is 11.4. The Kier molecular flexibility index (Phi) is 9.01. The van der Waals surface area contributed by atoms with Crippen molar-refractivity contribution < 1.29 is 29.9 Å². The van der Waals surface area contributed by atoms with Crippen molar-refractivity contribution in [3.63, 3.8) is 0 Å². The van der Waals surface area contributed by atoms with Gasteiger partial charge in [0.1, 0.15) is 23.8 Å². The van der Waals surface area contributed by atoms with E-state index >= 15 is 0 Å². The van der Waals surface area contributed by atoms with Gasteiger partial charge in [-0.1, -0.05) is 38.5 Å². The summed E-state index contributed by atoms with van der Waals surface area (Å²) in [6.45, 7) is -0.620. The highest BCUT2D eigenvalue weighted by molar-refractivity contribution is 14.1. The van der Waals surface area contributed by atoms with Crippen LogP contribution in [0.5, 0.6) is 0 Å². The molecule has 2 aromatic heterocycles. The minimum absolute atomic E-state index is 0.120. The van der Waals surface area contributed by atoms with Crippen LogP contribution in [-0.4, -0.2) is 85.9 Å². The van der Waals surface area contributed by atoms with Crippen LogP contribution in [0.25, 0.3) is 0 Å². The summed E-state index contributed by atoms with van der Waals surface area (Å²) in [7, 11) is 0. The number of rotatable bonds is 4. The molecule has 0 aliphatic carbocycles. The summed E-state index contributed by atoms with van der Waals surface area (Å²) in [5.74, 6) is 0.253. The van der Waals surface area contributed by atoms with Gasteiger partial charge in [0, 0.05) is 12.4 Å². The van der Waals surface area contributed by atoms with Gasteiger partial charge < -0.3 is 41.4 Å². The molecule has 2 saturated heterocycles. The Hall–Kier alpha value is -1.67. The Morgan fingerprint density at radius 2 is 1.35 bits per heavy atom. The normalized spacial score (nSPS) is 32.9. The van der Waals surface area contributed by atoms with Crippen LogP contribution in [0.15, 0.2) is 34.1 Å². The Balaban J connectivity index is 0.000000191. The lowest BCUT2D eigenvalue weighted by molar-refractivity contribution is -0.0456. The fourth-order valence-corrected chi connectivity index (χ4v) is 5.09. The van der Waals surface area contributed by atoms with Crippen LogP contribution in [0.2, 0.25) is 0 Å². The van der Waals surface area contributed by atoms with Crippen LogP contribution in [0.4, 0.5) is 11.6 Å². The predicted molar refractivity (Wildman–Crippen MR) is 130 cm³/mol. The van der Waals surface area contributed by atoms with Crippen LogP contribution in [0.3, 0.4) is 0 Å². The summed E-state index contributed by atoms with van der Waals surface area (Å²) < 4.78 is 12.9. The third kappa shape index (κ3) is 5.59. The molecule has 0 spiro atoms. The van der Waals surface area contributed by atoms with E-state index in [1.165, 1.54) is 33.7 Å². The van der Waals surface area contributed by atoms with Crippen LogP contribution in [0, 0.1) is 0 Å². The highest BCUT2D eigenvalue weighted by atomic mass is 127. The molecule has 14 nitrogen and oxygen atoms in total. The molecule has 0 amide bonds. The minimum Gasteiger partial charge on any atom is -0.394 e. The van der Waals surface area contributed by atoms with E-state index in [4.69, 9.17) is 31.2 Å². The summed E-state index contributed by atoms with van der Waals surface area (Å²) >= 11 is 5.22. The lowest BCUT2D eigenvalue weighted by atomic mass is 10.2. The smallest absolute Gasteiger partial charge is 0.351 e. The predicted octanol–water partition coefficient (Wildman–Crippen LogP) is -2.28. The van der Waals surface area contributed by atoms with Crippen molar-refractivity contribution in [2.24, 2.45) is 0 Å². The molecule has 16 heteroatoms. The van der Waals surface area contributed by atoms with Crippen molar-refractivity contribution in [3.8, 4) is 0 Å². The average molecular weight is 659 g/mol. The second-order valence-corrected chi connectivity index (χ2v) is 9.95. The number of aliphatic hydroxyl groups excluding tert-OH is 4. The van der Waals surface area contributed by atoms with E-state index in [0.29, 0.717) is 0 Å². The summed E-state index contributed by atoms with van der Waals surface area (Å²) in [6.07, 6.45) is -1.60. The molecular weight excluding hydrogens is 635 g/mol. The van der Waals surface area contributed by atoms with E-state index in [9.17, 15) is 19.8 Å². The summed E-state index contributed by atoms with van der Waals surface area (Å²) in [5, 5.41) is 37.5. The van der Waals surface area contributed by atoms with Crippen LogP contribution in [0.1, 0.15) is 12.5 Å². The molecule has 8 N–H and O–H groups in total. The third-order valence-corrected chi connectivity index (χ3v) is 7.54. The Morgan fingerprint density at radius 3 is 1.76 bits per heavy atom. The number of alkyl halides is 2. The molecule has 2 aliphatic heterocycles.